The first-order valence-corrected chi connectivity index (χ1v) is 16.7. The molecule has 0 radical (unpaired) electrons. The van der Waals surface area contributed by atoms with Gasteiger partial charge in [-0.05, 0) is 36.7 Å². The van der Waals surface area contributed by atoms with Gasteiger partial charge in [0, 0.05) is 33.1 Å². The van der Waals surface area contributed by atoms with Crippen molar-refractivity contribution in [1.82, 2.24) is 25.1 Å². The van der Waals surface area contributed by atoms with Crippen LogP contribution in [0.2, 0.25) is 0 Å². The number of amides is 3. The minimum Gasteiger partial charge on any atom is -0.468 e. The lowest BCUT2D eigenvalue weighted by Crippen LogP contribution is -2.56. The Morgan fingerprint density at radius 2 is 1.74 bits per heavy atom. The SMILES string of the molecule is COC(=O)CN(C)C(=O)O[C@@H](Cc1ccccc1)C(=O)N(C)[C@@H](Cc1c[nH]cn1)C(=O)N[C@@H](CC1CCCCC1)[C@@H](O)CCC(C)C. The number of rotatable bonds is 17. The van der Waals surface area contributed by atoms with Crippen LogP contribution in [0.1, 0.15) is 76.5 Å². The summed E-state index contributed by atoms with van der Waals surface area (Å²) in [5, 5.41) is 14.4. The van der Waals surface area contributed by atoms with Crippen LogP contribution in [0.5, 0.6) is 0 Å². The van der Waals surface area contributed by atoms with E-state index in [-0.39, 0.29) is 19.4 Å². The Kier molecular flexibility index (Phi) is 15.2. The van der Waals surface area contributed by atoms with Gasteiger partial charge >= 0.3 is 12.1 Å². The van der Waals surface area contributed by atoms with Crippen molar-refractivity contribution >= 4 is 23.9 Å². The molecule has 0 saturated heterocycles. The molecule has 1 heterocycles. The smallest absolute Gasteiger partial charge is 0.410 e. The number of carbonyl (C=O) groups excluding carboxylic acids is 4. The van der Waals surface area contributed by atoms with E-state index in [9.17, 15) is 24.3 Å². The molecule has 0 spiro atoms. The number of aliphatic hydroxyl groups is 1. The number of esters is 1. The fourth-order valence-corrected chi connectivity index (χ4v) is 6.01. The molecule has 12 heteroatoms. The molecule has 0 unspecified atom stereocenters. The van der Waals surface area contributed by atoms with Gasteiger partial charge < -0.3 is 34.7 Å². The average molecular weight is 656 g/mol. The lowest BCUT2D eigenvalue weighted by molar-refractivity contribution is -0.147. The monoisotopic (exact) mass is 655 g/mol. The molecule has 1 aliphatic carbocycles. The van der Waals surface area contributed by atoms with E-state index in [1.807, 2.05) is 30.3 Å². The predicted molar refractivity (Wildman–Crippen MR) is 177 cm³/mol. The first-order chi connectivity index (χ1) is 22.5. The number of ether oxygens (including phenoxy) is 2. The Labute approximate surface area is 278 Å². The van der Waals surface area contributed by atoms with Crippen LogP contribution in [0.3, 0.4) is 0 Å². The number of aromatic nitrogens is 2. The van der Waals surface area contributed by atoms with Crippen molar-refractivity contribution in [2.75, 3.05) is 27.7 Å². The van der Waals surface area contributed by atoms with Crippen molar-refractivity contribution in [3.05, 3.63) is 54.1 Å². The fraction of sp³-hybridized carbons (Fsp3) is 0.629. The fourth-order valence-electron chi connectivity index (χ4n) is 6.01. The zero-order valence-corrected chi connectivity index (χ0v) is 28.5. The van der Waals surface area contributed by atoms with Crippen LogP contribution < -0.4 is 5.32 Å². The summed E-state index contributed by atoms with van der Waals surface area (Å²) in [6, 6.07) is 7.61. The van der Waals surface area contributed by atoms with Gasteiger partial charge in [0.25, 0.3) is 5.91 Å². The predicted octanol–water partition coefficient (Wildman–Crippen LogP) is 3.88. The summed E-state index contributed by atoms with van der Waals surface area (Å²) < 4.78 is 10.3. The number of aromatic amines is 1. The normalized spacial score (nSPS) is 16.1. The van der Waals surface area contributed by atoms with Gasteiger partial charge in [0.1, 0.15) is 12.6 Å². The zero-order valence-electron chi connectivity index (χ0n) is 28.5. The van der Waals surface area contributed by atoms with Crippen molar-refractivity contribution in [2.24, 2.45) is 11.8 Å². The molecule has 1 aromatic carbocycles. The van der Waals surface area contributed by atoms with Crippen molar-refractivity contribution in [2.45, 2.75) is 102 Å². The van der Waals surface area contributed by atoms with Crippen LogP contribution in [0.25, 0.3) is 0 Å². The van der Waals surface area contributed by atoms with Gasteiger partial charge in [0.05, 0.1) is 31.3 Å². The largest absolute Gasteiger partial charge is 0.468 e. The molecular weight excluding hydrogens is 602 g/mol. The van der Waals surface area contributed by atoms with Crippen molar-refractivity contribution in [1.29, 1.82) is 0 Å². The molecule has 12 nitrogen and oxygen atoms in total. The summed E-state index contributed by atoms with van der Waals surface area (Å²) in [4.78, 5) is 62.6. The minimum absolute atomic E-state index is 0.0524. The molecule has 260 valence electrons. The second-order valence-corrected chi connectivity index (χ2v) is 13.1. The molecule has 3 amide bonds. The number of nitrogens with one attached hydrogen (secondary N) is 2. The molecule has 0 bridgehead atoms. The molecule has 47 heavy (non-hydrogen) atoms. The molecule has 2 aromatic rings. The Morgan fingerprint density at radius 1 is 1.04 bits per heavy atom. The maximum absolute atomic E-state index is 14.2. The van der Waals surface area contributed by atoms with Crippen LogP contribution in [0, 0.1) is 11.8 Å². The van der Waals surface area contributed by atoms with Crippen LogP contribution in [-0.4, -0.2) is 101 Å². The highest BCUT2D eigenvalue weighted by atomic mass is 16.6. The first-order valence-electron chi connectivity index (χ1n) is 16.7. The Morgan fingerprint density at radius 3 is 2.36 bits per heavy atom. The third-order valence-corrected chi connectivity index (χ3v) is 8.91. The molecule has 1 fully saturated rings. The van der Waals surface area contributed by atoms with E-state index in [0.717, 1.165) is 42.6 Å². The molecule has 3 rings (SSSR count). The van der Waals surface area contributed by atoms with Gasteiger partial charge in [-0.3, -0.25) is 14.4 Å². The highest BCUT2D eigenvalue weighted by Gasteiger charge is 2.36. The minimum atomic E-state index is -1.29. The van der Waals surface area contributed by atoms with Crippen LogP contribution in [-0.2, 0) is 36.7 Å². The summed E-state index contributed by atoms with van der Waals surface area (Å²) in [5.74, 6) is -0.831. The van der Waals surface area contributed by atoms with Gasteiger partial charge in [-0.1, -0.05) is 76.3 Å². The molecule has 0 aliphatic heterocycles. The number of nitrogens with zero attached hydrogens (tertiary/aromatic N) is 3. The van der Waals surface area contributed by atoms with Crippen molar-refractivity contribution in [3.63, 3.8) is 0 Å². The second kappa shape index (κ2) is 19.0. The number of likely N-dealkylation sites (N-methyl/N-ethyl adjacent to an activating group) is 2. The summed E-state index contributed by atoms with van der Waals surface area (Å²) in [5.41, 5.74) is 1.32. The van der Waals surface area contributed by atoms with Crippen LogP contribution in [0.4, 0.5) is 4.79 Å². The third kappa shape index (κ3) is 12.3. The zero-order chi connectivity index (χ0) is 34.3. The average Bonchev–Trinajstić information content (AvgIpc) is 3.59. The Balaban J connectivity index is 1.87. The lowest BCUT2D eigenvalue weighted by atomic mass is 9.83. The maximum Gasteiger partial charge on any atom is 0.410 e. The van der Waals surface area contributed by atoms with Crippen LogP contribution >= 0.6 is 0 Å². The van der Waals surface area contributed by atoms with Gasteiger partial charge in [0.2, 0.25) is 5.91 Å². The number of hydrogen-bond donors (Lipinski definition) is 3. The second-order valence-electron chi connectivity index (χ2n) is 13.1. The summed E-state index contributed by atoms with van der Waals surface area (Å²) in [6.07, 6.45) is 8.08. The molecule has 1 aliphatic rings. The Hall–Kier alpha value is -3.93. The van der Waals surface area contributed by atoms with Gasteiger partial charge in [-0.2, -0.15) is 0 Å². The third-order valence-electron chi connectivity index (χ3n) is 8.91. The first kappa shape index (κ1) is 37.5. The standard InChI is InChI=1S/C35H53N5O7/c1-24(2)16-17-30(41)28(18-25-12-8-6-9-13-25)38-33(43)29(20-27-21-36-23-37-27)40(4)34(44)31(19-26-14-10-7-11-15-26)47-35(45)39(3)22-32(42)46-5/h7,10-11,14-15,21,23-25,28-31,41H,6,8-9,12-13,16-20,22H2,1-5H3,(H,36,37)(H,38,43)/t28-,29-,30-,31-/m0/s1. The number of methoxy groups -OCH3 is 1. The highest BCUT2D eigenvalue weighted by Crippen LogP contribution is 2.29. The highest BCUT2D eigenvalue weighted by molar-refractivity contribution is 5.91. The summed E-state index contributed by atoms with van der Waals surface area (Å²) in [7, 11) is 4.10. The van der Waals surface area contributed by atoms with Crippen LogP contribution in [0.15, 0.2) is 42.9 Å². The number of imidazole rings is 1. The van der Waals surface area contributed by atoms with E-state index >= 15 is 0 Å². The van der Waals surface area contributed by atoms with E-state index in [0.29, 0.717) is 30.4 Å². The van der Waals surface area contributed by atoms with Crippen molar-refractivity contribution < 1.29 is 33.8 Å². The van der Waals surface area contributed by atoms with Gasteiger partial charge in [0.15, 0.2) is 6.10 Å². The van der Waals surface area contributed by atoms with E-state index < -0.39 is 48.2 Å². The summed E-state index contributed by atoms with van der Waals surface area (Å²) >= 11 is 0. The van der Waals surface area contributed by atoms with E-state index in [2.05, 4.69) is 33.9 Å². The molecular formula is C35H53N5O7. The topological polar surface area (TPSA) is 154 Å². The van der Waals surface area contributed by atoms with Gasteiger partial charge in [-0.25, -0.2) is 9.78 Å². The summed E-state index contributed by atoms with van der Waals surface area (Å²) in [6.45, 7) is 3.85. The number of benzene rings is 1. The molecule has 1 saturated carbocycles. The number of hydrogen-bond acceptors (Lipinski definition) is 8. The lowest BCUT2D eigenvalue weighted by Gasteiger charge is -2.34. The molecule has 3 N–H and O–H groups in total. The molecule has 1 aromatic heterocycles. The van der Waals surface area contributed by atoms with Gasteiger partial charge in [-0.15, -0.1) is 0 Å². The quantitative estimate of drug-likeness (QED) is 0.217. The van der Waals surface area contributed by atoms with E-state index in [1.54, 1.807) is 6.20 Å². The van der Waals surface area contributed by atoms with Crippen molar-refractivity contribution in [3.8, 4) is 0 Å². The number of aliphatic hydroxyl groups excluding tert-OH is 1. The molecule has 4 atom stereocenters. The van der Waals surface area contributed by atoms with E-state index in [4.69, 9.17) is 4.74 Å². The number of carbonyl (C=O) groups is 4. The number of H-pyrrole nitrogens is 1. The maximum atomic E-state index is 14.2. The Bertz CT molecular complexity index is 1250. The van der Waals surface area contributed by atoms with E-state index in [1.165, 1.54) is 38.9 Å².